The number of hydrogen-bond donors (Lipinski definition) is 0. The van der Waals surface area contributed by atoms with Crippen molar-refractivity contribution in [2.24, 2.45) is 0 Å². The van der Waals surface area contributed by atoms with Gasteiger partial charge in [0.05, 0.1) is 27.8 Å². The summed E-state index contributed by atoms with van der Waals surface area (Å²) >= 11 is 0. The fourth-order valence-corrected chi connectivity index (χ4v) is 14.3. The van der Waals surface area contributed by atoms with E-state index in [9.17, 15) is 0 Å². The Morgan fingerprint density at radius 3 is 1.35 bits per heavy atom. The largest absolute Gasteiger partial charge is 0.309 e. The lowest BCUT2D eigenvalue weighted by Gasteiger charge is -2.34. The van der Waals surface area contributed by atoms with Crippen molar-refractivity contribution in [2.75, 3.05) is 0 Å². The average Bonchev–Trinajstić information content (AvgIpc) is 3.81. The van der Waals surface area contributed by atoms with Crippen LogP contribution in [0.1, 0.15) is 0 Å². The fourth-order valence-electron chi connectivity index (χ4n) is 9.49. The molecule has 268 valence electrons. The summed E-state index contributed by atoms with van der Waals surface area (Å²) < 4.78 is 4.98. The molecule has 11 rings (SSSR count). The van der Waals surface area contributed by atoms with Crippen LogP contribution >= 0.6 is 0 Å². The molecule has 57 heavy (non-hydrogen) atoms. The van der Waals surface area contributed by atoms with Crippen LogP contribution < -0.4 is 20.7 Å². The Morgan fingerprint density at radius 2 is 0.754 bits per heavy atom. The van der Waals surface area contributed by atoms with Gasteiger partial charge in [0.25, 0.3) is 0 Å². The molecule has 0 amide bonds. The van der Waals surface area contributed by atoms with Gasteiger partial charge in [0.1, 0.15) is 0 Å². The lowest BCUT2D eigenvalue weighted by Crippen LogP contribution is -2.74. The minimum absolute atomic E-state index is 1.15. The van der Waals surface area contributed by atoms with Gasteiger partial charge in [-0.3, -0.25) is 0 Å². The number of nitrogens with zero attached hydrogens (tertiary/aromatic N) is 2. The van der Waals surface area contributed by atoms with Gasteiger partial charge in [-0.15, -0.1) is 0 Å². The molecule has 2 aromatic heterocycles. The van der Waals surface area contributed by atoms with Gasteiger partial charge in [-0.2, -0.15) is 0 Å². The number of para-hydroxylation sites is 3. The minimum atomic E-state index is -2.76. The van der Waals surface area contributed by atoms with E-state index in [1.165, 1.54) is 81.2 Å². The van der Waals surface area contributed by atoms with Gasteiger partial charge in [0.15, 0.2) is 8.07 Å². The zero-order chi connectivity index (χ0) is 37.8. The number of aromatic nitrogens is 2. The maximum atomic E-state index is 2.55. The molecule has 0 spiro atoms. The topological polar surface area (TPSA) is 9.86 Å². The van der Waals surface area contributed by atoms with Crippen LogP contribution in [-0.4, -0.2) is 17.2 Å². The third-order valence-corrected chi connectivity index (χ3v) is 16.6. The van der Waals surface area contributed by atoms with E-state index in [1.807, 2.05) is 0 Å². The molecule has 0 aliphatic rings. The summed E-state index contributed by atoms with van der Waals surface area (Å²) in [7, 11) is -2.76. The molecule has 0 aliphatic carbocycles. The Morgan fingerprint density at radius 1 is 0.298 bits per heavy atom. The monoisotopic (exact) mass is 742 g/mol. The molecule has 2 nitrogen and oxygen atoms in total. The van der Waals surface area contributed by atoms with Crippen LogP contribution in [0.4, 0.5) is 0 Å². The summed E-state index contributed by atoms with van der Waals surface area (Å²) in [6.45, 7) is 0. The first-order valence-corrected chi connectivity index (χ1v) is 21.7. The highest BCUT2D eigenvalue weighted by Gasteiger charge is 2.41. The smallest absolute Gasteiger partial charge is 0.179 e. The first-order valence-electron chi connectivity index (χ1n) is 19.7. The average molecular weight is 743 g/mol. The highest BCUT2D eigenvalue weighted by atomic mass is 28.3. The van der Waals surface area contributed by atoms with Crippen LogP contribution in [0, 0.1) is 0 Å². The molecule has 0 unspecified atom stereocenters. The lowest BCUT2D eigenvalue weighted by molar-refractivity contribution is 1.17. The van der Waals surface area contributed by atoms with E-state index < -0.39 is 8.07 Å². The van der Waals surface area contributed by atoms with Crippen molar-refractivity contribution < 1.29 is 0 Å². The van der Waals surface area contributed by atoms with Crippen molar-refractivity contribution in [1.82, 2.24) is 9.13 Å². The maximum absolute atomic E-state index is 2.76. The summed E-state index contributed by atoms with van der Waals surface area (Å²) in [5.74, 6) is 0. The van der Waals surface area contributed by atoms with Gasteiger partial charge >= 0.3 is 0 Å². The normalized spacial score (nSPS) is 11.9. The second kappa shape index (κ2) is 13.5. The van der Waals surface area contributed by atoms with Gasteiger partial charge in [-0.05, 0) is 62.7 Å². The maximum Gasteiger partial charge on any atom is 0.179 e. The molecule has 3 heteroatoms. The second-order valence-corrected chi connectivity index (χ2v) is 18.7. The Hall–Kier alpha value is -7.20. The van der Waals surface area contributed by atoms with Gasteiger partial charge < -0.3 is 9.13 Å². The molecule has 0 bridgehead atoms. The Balaban J connectivity index is 1.29. The van der Waals surface area contributed by atoms with Crippen molar-refractivity contribution >= 4 is 72.4 Å². The van der Waals surface area contributed by atoms with E-state index in [1.54, 1.807) is 0 Å². The zero-order valence-corrected chi connectivity index (χ0v) is 32.3. The molecular weight excluding hydrogens is 705 g/mol. The fraction of sp³-hybridized carbons (Fsp3) is 0. The van der Waals surface area contributed by atoms with Gasteiger partial charge in [0, 0.05) is 32.8 Å². The third kappa shape index (κ3) is 5.10. The summed E-state index contributed by atoms with van der Waals surface area (Å²) in [4.78, 5) is 0. The molecule has 0 radical (unpaired) electrons. The summed E-state index contributed by atoms with van der Waals surface area (Å²) in [6, 6.07) is 85.2. The first kappa shape index (κ1) is 33.2. The highest BCUT2D eigenvalue weighted by molar-refractivity contribution is 7.20. The van der Waals surface area contributed by atoms with Crippen molar-refractivity contribution in [2.45, 2.75) is 0 Å². The van der Waals surface area contributed by atoms with Gasteiger partial charge in [-0.1, -0.05) is 194 Å². The van der Waals surface area contributed by atoms with E-state index in [0.717, 1.165) is 5.69 Å². The molecule has 0 saturated carbocycles. The molecule has 0 atom stereocenters. The van der Waals surface area contributed by atoms with E-state index in [2.05, 4.69) is 240 Å². The minimum Gasteiger partial charge on any atom is -0.309 e. The standard InChI is InChI=1S/C54H38N2Si/c1-6-20-39(21-7-1)45-35-37-52-53(47-31-17-19-33-50(47)55(52)40-22-8-2-9-23-40)54(45)56-49-32-18-16-30-46(49)48-38-44(34-36-51(48)56)57(41-24-10-3-11-25-41,42-26-12-4-13-27-42)43-28-14-5-15-29-43/h1-38H. The van der Waals surface area contributed by atoms with Crippen LogP contribution in [0.25, 0.3) is 66.1 Å². The van der Waals surface area contributed by atoms with Crippen molar-refractivity contribution in [3.05, 3.63) is 231 Å². The van der Waals surface area contributed by atoms with Gasteiger partial charge in [-0.25, -0.2) is 0 Å². The molecule has 0 N–H and O–H groups in total. The van der Waals surface area contributed by atoms with E-state index in [4.69, 9.17) is 0 Å². The number of hydrogen-bond acceptors (Lipinski definition) is 0. The number of rotatable bonds is 7. The van der Waals surface area contributed by atoms with Crippen molar-refractivity contribution in [3.63, 3.8) is 0 Å². The second-order valence-electron chi connectivity index (χ2n) is 14.8. The molecule has 2 heterocycles. The molecule has 0 fully saturated rings. The molecular formula is C54H38N2Si. The Labute approximate surface area is 333 Å². The predicted octanol–water partition coefficient (Wildman–Crippen LogP) is 10.9. The van der Waals surface area contributed by atoms with Crippen LogP contribution in [0.2, 0.25) is 0 Å². The number of fused-ring (bicyclic) bond motifs is 6. The summed E-state index contributed by atoms with van der Waals surface area (Å²) in [6.07, 6.45) is 0. The van der Waals surface area contributed by atoms with E-state index in [0.29, 0.717) is 0 Å². The SMILES string of the molecule is c1ccc(-c2ccc3c(c2-n2c4ccccc4c4cc([Si](c5ccccc5)(c5ccccc5)c5ccccc5)ccc42)c2ccccc2n3-c2ccccc2)cc1. The van der Waals surface area contributed by atoms with E-state index in [-0.39, 0.29) is 0 Å². The van der Waals surface area contributed by atoms with Crippen LogP contribution in [-0.2, 0) is 0 Å². The van der Waals surface area contributed by atoms with Crippen LogP contribution in [0.15, 0.2) is 231 Å². The van der Waals surface area contributed by atoms with Gasteiger partial charge in [0.2, 0.25) is 0 Å². The van der Waals surface area contributed by atoms with Crippen LogP contribution in [0.3, 0.4) is 0 Å². The van der Waals surface area contributed by atoms with Crippen molar-refractivity contribution in [1.29, 1.82) is 0 Å². The summed E-state index contributed by atoms with van der Waals surface area (Å²) in [5, 5.41) is 10.4. The van der Waals surface area contributed by atoms with Crippen molar-refractivity contribution in [3.8, 4) is 22.5 Å². The Kier molecular flexibility index (Phi) is 7.87. The van der Waals surface area contributed by atoms with E-state index >= 15 is 0 Å². The molecule has 0 aliphatic heterocycles. The molecule has 0 saturated heterocycles. The third-order valence-electron chi connectivity index (χ3n) is 11.9. The highest BCUT2D eigenvalue weighted by Crippen LogP contribution is 2.44. The zero-order valence-electron chi connectivity index (χ0n) is 31.3. The quantitative estimate of drug-likeness (QED) is 0.114. The summed E-state index contributed by atoms with van der Waals surface area (Å²) in [5.41, 5.74) is 9.50. The molecule has 11 aromatic rings. The van der Waals surface area contributed by atoms with Crippen LogP contribution in [0.5, 0.6) is 0 Å². The number of benzene rings is 9. The molecule has 9 aromatic carbocycles. The Bertz CT molecular complexity index is 3110. The predicted molar refractivity (Wildman–Crippen MR) is 244 cm³/mol. The lowest BCUT2D eigenvalue weighted by atomic mass is 9.99. The first-order chi connectivity index (χ1) is 28.3.